The van der Waals surface area contributed by atoms with Gasteiger partial charge in [-0.3, -0.25) is 14.5 Å². The summed E-state index contributed by atoms with van der Waals surface area (Å²) in [5, 5.41) is 7.01. The Labute approximate surface area is 180 Å². The Kier molecular flexibility index (Phi) is 6.08. The maximum Gasteiger partial charge on any atom is 0.248 e. The molecule has 1 unspecified atom stereocenters. The summed E-state index contributed by atoms with van der Waals surface area (Å²) in [6.45, 7) is 4.03. The van der Waals surface area contributed by atoms with Crippen molar-refractivity contribution in [3.8, 4) is 11.4 Å². The fraction of sp³-hybridized carbons (Fsp3) is 0.304. The highest BCUT2D eigenvalue weighted by atomic mass is 16.5. The second kappa shape index (κ2) is 9.09. The first-order valence-corrected chi connectivity index (χ1v) is 10.3. The number of aryl methyl sites for hydroxylation is 1. The molecule has 2 aromatic carbocycles. The van der Waals surface area contributed by atoms with Gasteiger partial charge in [0.1, 0.15) is 0 Å². The number of amides is 2. The summed E-state index contributed by atoms with van der Waals surface area (Å²) in [7, 11) is 0. The topological polar surface area (TPSA) is 114 Å². The standard InChI is InChI=1S/C23H25N5O3/c1-15-4-6-17(7-5-15)22-26-20(31-27-22)14-28-12-2-3-18(13-28)23(30)25-19-10-8-16(9-11-19)21(24)29/h4-11,18H,2-3,12-14H2,1H3,(H2,24,29)(H,25,30). The monoisotopic (exact) mass is 419 g/mol. The van der Waals surface area contributed by atoms with Crippen LogP contribution in [-0.2, 0) is 11.3 Å². The third kappa shape index (κ3) is 5.16. The third-order valence-corrected chi connectivity index (χ3v) is 5.45. The Balaban J connectivity index is 1.34. The normalized spacial score (nSPS) is 16.7. The van der Waals surface area contributed by atoms with Crippen LogP contribution in [0.1, 0.15) is 34.7 Å². The van der Waals surface area contributed by atoms with Crippen LogP contribution in [0, 0.1) is 12.8 Å². The summed E-state index contributed by atoms with van der Waals surface area (Å²) in [6, 6.07) is 14.6. The highest BCUT2D eigenvalue weighted by molar-refractivity contribution is 5.95. The smallest absolute Gasteiger partial charge is 0.248 e. The molecule has 1 aliphatic rings. The number of rotatable bonds is 6. The van der Waals surface area contributed by atoms with Crippen LogP contribution in [0.25, 0.3) is 11.4 Å². The maximum atomic E-state index is 12.7. The van der Waals surface area contributed by atoms with Gasteiger partial charge in [-0.05, 0) is 50.6 Å². The molecule has 8 nitrogen and oxygen atoms in total. The highest BCUT2D eigenvalue weighted by Gasteiger charge is 2.27. The van der Waals surface area contributed by atoms with Crippen LogP contribution in [0.3, 0.4) is 0 Å². The summed E-state index contributed by atoms with van der Waals surface area (Å²) in [4.78, 5) is 30.6. The zero-order chi connectivity index (χ0) is 21.8. The van der Waals surface area contributed by atoms with E-state index in [9.17, 15) is 9.59 Å². The van der Waals surface area contributed by atoms with Crippen LogP contribution in [-0.4, -0.2) is 39.9 Å². The lowest BCUT2D eigenvalue weighted by Gasteiger charge is -2.30. The van der Waals surface area contributed by atoms with Gasteiger partial charge in [-0.2, -0.15) is 4.98 Å². The van der Waals surface area contributed by atoms with Crippen LogP contribution in [0.15, 0.2) is 53.1 Å². The van der Waals surface area contributed by atoms with Gasteiger partial charge in [-0.1, -0.05) is 35.0 Å². The predicted octanol–water partition coefficient (Wildman–Crippen LogP) is 2.99. The summed E-state index contributed by atoms with van der Waals surface area (Å²) in [5.74, 6) is 0.443. The number of aromatic nitrogens is 2. The first-order valence-electron chi connectivity index (χ1n) is 10.3. The van der Waals surface area contributed by atoms with Gasteiger partial charge >= 0.3 is 0 Å². The largest absolute Gasteiger partial charge is 0.366 e. The molecule has 1 fully saturated rings. The van der Waals surface area contributed by atoms with E-state index >= 15 is 0 Å². The molecule has 0 aliphatic carbocycles. The second-order valence-corrected chi connectivity index (χ2v) is 7.88. The van der Waals surface area contributed by atoms with E-state index in [1.807, 2.05) is 31.2 Å². The molecule has 160 valence electrons. The number of carbonyl (C=O) groups is 2. The Morgan fingerprint density at radius 2 is 1.90 bits per heavy atom. The van der Waals surface area contributed by atoms with Crippen LogP contribution >= 0.6 is 0 Å². The van der Waals surface area contributed by atoms with Crippen molar-refractivity contribution in [3.05, 3.63) is 65.5 Å². The lowest BCUT2D eigenvalue weighted by atomic mass is 9.97. The number of piperidine rings is 1. The average Bonchev–Trinajstić information content (AvgIpc) is 3.23. The average molecular weight is 419 g/mol. The number of likely N-dealkylation sites (tertiary alicyclic amines) is 1. The van der Waals surface area contributed by atoms with E-state index in [1.54, 1.807) is 24.3 Å². The number of hydrogen-bond acceptors (Lipinski definition) is 6. The minimum atomic E-state index is -0.493. The van der Waals surface area contributed by atoms with Crippen LogP contribution in [0.5, 0.6) is 0 Å². The number of nitrogens with one attached hydrogen (secondary N) is 1. The Hall–Kier alpha value is -3.52. The van der Waals surface area contributed by atoms with E-state index in [1.165, 1.54) is 5.56 Å². The Morgan fingerprint density at radius 1 is 1.16 bits per heavy atom. The van der Waals surface area contributed by atoms with Crippen molar-refractivity contribution in [2.45, 2.75) is 26.3 Å². The number of hydrogen-bond donors (Lipinski definition) is 2. The first kappa shape index (κ1) is 20.7. The van der Waals surface area contributed by atoms with E-state index in [-0.39, 0.29) is 11.8 Å². The van der Waals surface area contributed by atoms with Crippen molar-refractivity contribution in [1.82, 2.24) is 15.0 Å². The quantitative estimate of drug-likeness (QED) is 0.635. The van der Waals surface area contributed by atoms with Gasteiger partial charge in [0, 0.05) is 23.4 Å². The van der Waals surface area contributed by atoms with Crippen molar-refractivity contribution in [2.24, 2.45) is 11.7 Å². The lowest BCUT2D eigenvalue weighted by Crippen LogP contribution is -2.40. The molecule has 0 radical (unpaired) electrons. The molecule has 3 N–H and O–H groups in total. The predicted molar refractivity (Wildman–Crippen MR) is 116 cm³/mol. The fourth-order valence-electron chi connectivity index (χ4n) is 3.71. The molecule has 2 heterocycles. The highest BCUT2D eigenvalue weighted by Crippen LogP contribution is 2.22. The van der Waals surface area contributed by atoms with Gasteiger partial charge in [-0.15, -0.1) is 0 Å². The number of nitrogens with two attached hydrogens (primary N) is 1. The third-order valence-electron chi connectivity index (χ3n) is 5.45. The second-order valence-electron chi connectivity index (χ2n) is 7.88. The summed E-state index contributed by atoms with van der Waals surface area (Å²) in [6.07, 6.45) is 1.73. The molecular weight excluding hydrogens is 394 g/mol. The minimum absolute atomic E-state index is 0.0394. The molecular formula is C23H25N5O3. The van der Waals surface area contributed by atoms with Gasteiger partial charge in [0.2, 0.25) is 23.5 Å². The number of carbonyl (C=O) groups excluding carboxylic acids is 2. The number of nitrogens with zero attached hydrogens (tertiary/aromatic N) is 3. The van der Waals surface area contributed by atoms with E-state index < -0.39 is 5.91 Å². The number of primary amides is 1. The zero-order valence-electron chi connectivity index (χ0n) is 17.4. The van der Waals surface area contributed by atoms with E-state index in [0.29, 0.717) is 36.1 Å². The fourth-order valence-corrected chi connectivity index (χ4v) is 3.71. The number of anilines is 1. The first-order chi connectivity index (χ1) is 15.0. The molecule has 1 aromatic heterocycles. The molecule has 3 aromatic rings. The molecule has 1 aliphatic heterocycles. The maximum absolute atomic E-state index is 12.7. The van der Waals surface area contributed by atoms with Crippen molar-refractivity contribution < 1.29 is 14.1 Å². The van der Waals surface area contributed by atoms with Crippen LogP contribution in [0.2, 0.25) is 0 Å². The number of benzene rings is 2. The Morgan fingerprint density at radius 3 is 2.61 bits per heavy atom. The molecule has 0 bridgehead atoms. The SMILES string of the molecule is Cc1ccc(-c2noc(CN3CCCC(C(=O)Nc4ccc(C(N)=O)cc4)C3)n2)cc1. The van der Waals surface area contributed by atoms with Gasteiger partial charge < -0.3 is 15.6 Å². The van der Waals surface area contributed by atoms with Crippen molar-refractivity contribution >= 4 is 17.5 Å². The van der Waals surface area contributed by atoms with Crippen LogP contribution in [0.4, 0.5) is 5.69 Å². The molecule has 2 amide bonds. The van der Waals surface area contributed by atoms with Crippen molar-refractivity contribution in [3.63, 3.8) is 0 Å². The summed E-state index contributed by atoms with van der Waals surface area (Å²) in [5.41, 5.74) is 8.40. The van der Waals surface area contributed by atoms with Crippen molar-refractivity contribution in [2.75, 3.05) is 18.4 Å². The van der Waals surface area contributed by atoms with E-state index in [0.717, 1.165) is 24.9 Å². The summed E-state index contributed by atoms with van der Waals surface area (Å²) >= 11 is 0. The Bertz CT molecular complexity index is 1060. The molecule has 1 saturated heterocycles. The van der Waals surface area contributed by atoms with E-state index in [2.05, 4.69) is 20.4 Å². The molecule has 1 atom stereocenters. The van der Waals surface area contributed by atoms with Crippen LogP contribution < -0.4 is 11.1 Å². The zero-order valence-corrected chi connectivity index (χ0v) is 17.4. The summed E-state index contributed by atoms with van der Waals surface area (Å²) < 4.78 is 5.43. The van der Waals surface area contributed by atoms with E-state index in [4.69, 9.17) is 10.3 Å². The lowest BCUT2D eigenvalue weighted by molar-refractivity contribution is -0.121. The molecule has 4 rings (SSSR count). The molecule has 0 spiro atoms. The van der Waals surface area contributed by atoms with Crippen molar-refractivity contribution in [1.29, 1.82) is 0 Å². The molecule has 31 heavy (non-hydrogen) atoms. The van der Waals surface area contributed by atoms with Gasteiger partial charge in [0.15, 0.2) is 0 Å². The van der Waals surface area contributed by atoms with Gasteiger partial charge in [-0.25, -0.2) is 0 Å². The minimum Gasteiger partial charge on any atom is -0.366 e. The van der Waals surface area contributed by atoms with Gasteiger partial charge in [0.05, 0.1) is 12.5 Å². The van der Waals surface area contributed by atoms with Gasteiger partial charge in [0.25, 0.3) is 0 Å². The molecule has 8 heteroatoms. The molecule has 0 saturated carbocycles.